The number of phenols is 1. The van der Waals surface area contributed by atoms with E-state index in [-0.39, 0.29) is 50.4 Å². The average molecular weight is 767 g/mol. The van der Waals surface area contributed by atoms with E-state index in [9.17, 15) is 39.0 Å². The molecule has 0 aliphatic carbocycles. The Balaban J connectivity index is 1.58. The predicted octanol–water partition coefficient (Wildman–Crippen LogP) is 0.987. The fraction of sp³-hybridized carbons (Fsp3) is 0.275. The number of hydrogen-bond donors (Lipinski definition) is 9. The normalized spacial score (nSPS) is 12.9. The van der Waals surface area contributed by atoms with Crippen LogP contribution >= 0.6 is 0 Å². The highest BCUT2D eigenvalue weighted by atomic mass is 16.4. The number of aliphatic carboxylic acids is 1. The van der Waals surface area contributed by atoms with Crippen LogP contribution in [0.5, 0.6) is 5.75 Å². The number of carboxylic acid groups (broad SMARTS) is 1. The molecule has 16 heteroatoms. The van der Waals surface area contributed by atoms with E-state index in [0.717, 1.165) is 5.39 Å². The van der Waals surface area contributed by atoms with E-state index >= 15 is 0 Å². The van der Waals surface area contributed by atoms with Gasteiger partial charge in [-0.25, -0.2) is 0 Å². The molecule has 0 aliphatic rings. The Kier molecular flexibility index (Phi) is 15.3. The predicted molar refractivity (Wildman–Crippen MR) is 209 cm³/mol. The fourth-order valence-electron chi connectivity index (χ4n) is 5.93. The van der Waals surface area contributed by atoms with Crippen molar-refractivity contribution in [3.8, 4) is 5.75 Å². The number of nitrogens with two attached hydrogens (primary N) is 3. The molecule has 0 heterocycles. The largest absolute Gasteiger partial charge is 0.508 e. The number of nitrogens with zero attached hydrogens (tertiary/aromatic N) is 1. The van der Waals surface area contributed by atoms with Gasteiger partial charge in [0.15, 0.2) is 5.96 Å². The van der Waals surface area contributed by atoms with E-state index in [1.54, 1.807) is 54.6 Å². The van der Waals surface area contributed by atoms with Crippen LogP contribution in [-0.2, 0) is 36.8 Å². The van der Waals surface area contributed by atoms with Crippen molar-refractivity contribution in [2.75, 3.05) is 6.54 Å². The third kappa shape index (κ3) is 12.9. The zero-order chi connectivity index (χ0) is 40.6. The van der Waals surface area contributed by atoms with Crippen molar-refractivity contribution in [3.05, 3.63) is 114 Å². The van der Waals surface area contributed by atoms with Crippen LogP contribution in [0.1, 0.15) is 47.2 Å². The summed E-state index contributed by atoms with van der Waals surface area (Å²) >= 11 is 0. The molecular formula is C40H46N8O8. The van der Waals surface area contributed by atoms with Gasteiger partial charge in [0.1, 0.15) is 29.9 Å². The number of fused-ring (bicyclic) bond motifs is 1. The van der Waals surface area contributed by atoms with Gasteiger partial charge in [-0.05, 0) is 59.4 Å². The van der Waals surface area contributed by atoms with Crippen molar-refractivity contribution >= 4 is 52.2 Å². The summed E-state index contributed by atoms with van der Waals surface area (Å²) in [7, 11) is 0. The number of amides is 5. The summed E-state index contributed by atoms with van der Waals surface area (Å²) in [5.41, 5.74) is 18.1. The molecule has 5 amide bonds. The van der Waals surface area contributed by atoms with Crippen LogP contribution in [0.2, 0.25) is 0 Å². The number of primary amides is 1. The molecule has 4 aromatic carbocycles. The third-order valence-corrected chi connectivity index (χ3v) is 8.83. The van der Waals surface area contributed by atoms with Crippen LogP contribution in [0.25, 0.3) is 10.8 Å². The lowest BCUT2D eigenvalue weighted by Crippen LogP contribution is -2.58. The van der Waals surface area contributed by atoms with Crippen LogP contribution in [0.3, 0.4) is 0 Å². The minimum Gasteiger partial charge on any atom is -0.508 e. The lowest BCUT2D eigenvalue weighted by atomic mass is 10.0. The van der Waals surface area contributed by atoms with E-state index in [1.807, 2.05) is 18.2 Å². The lowest BCUT2D eigenvalue weighted by Gasteiger charge is -2.26. The second kappa shape index (κ2) is 20.5. The minimum absolute atomic E-state index is 0.00790. The minimum atomic E-state index is -1.46. The Morgan fingerprint density at radius 1 is 0.607 bits per heavy atom. The van der Waals surface area contributed by atoms with Crippen LogP contribution in [-0.4, -0.2) is 82.4 Å². The van der Waals surface area contributed by atoms with Crippen LogP contribution in [0.4, 0.5) is 0 Å². The summed E-state index contributed by atoms with van der Waals surface area (Å²) < 4.78 is 0. The highest BCUT2D eigenvalue weighted by Gasteiger charge is 2.32. The fourth-order valence-corrected chi connectivity index (χ4v) is 5.93. The molecule has 16 nitrogen and oxygen atoms in total. The lowest BCUT2D eigenvalue weighted by molar-refractivity contribution is -0.138. The smallest absolute Gasteiger partial charge is 0.303 e. The zero-order valence-corrected chi connectivity index (χ0v) is 30.5. The van der Waals surface area contributed by atoms with Gasteiger partial charge in [0, 0.05) is 31.4 Å². The Morgan fingerprint density at radius 3 is 1.82 bits per heavy atom. The van der Waals surface area contributed by atoms with E-state index in [1.165, 1.54) is 24.3 Å². The molecule has 0 unspecified atom stereocenters. The molecule has 0 radical (unpaired) electrons. The van der Waals surface area contributed by atoms with E-state index in [4.69, 9.17) is 17.2 Å². The van der Waals surface area contributed by atoms with Crippen molar-refractivity contribution < 1.29 is 39.0 Å². The Labute approximate surface area is 322 Å². The van der Waals surface area contributed by atoms with Crippen molar-refractivity contribution in [1.82, 2.24) is 21.3 Å². The van der Waals surface area contributed by atoms with Gasteiger partial charge in [-0.15, -0.1) is 0 Å². The van der Waals surface area contributed by atoms with Crippen molar-refractivity contribution in [2.24, 2.45) is 22.2 Å². The van der Waals surface area contributed by atoms with Gasteiger partial charge in [0.05, 0.1) is 0 Å². The summed E-state index contributed by atoms with van der Waals surface area (Å²) in [4.78, 5) is 83.2. The SMILES string of the molecule is NC(=O)[C@H](Cc1ccc(O)cc1)NC(=O)[C@H](CCC(=O)O)NC(=O)[C@H](Cc1ccccc1)NC(=O)[C@H](CCCN=C(N)N)NC(=O)c1cccc2ccccc12. The van der Waals surface area contributed by atoms with Gasteiger partial charge in [-0.1, -0.05) is 78.9 Å². The summed E-state index contributed by atoms with van der Waals surface area (Å²) in [6, 6.07) is 21.9. The Hall–Kier alpha value is -6.97. The molecule has 4 atom stereocenters. The molecule has 4 rings (SSSR count). The molecule has 0 bridgehead atoms. The number of phenolic OH excluding ortho intramolecular Hbond substituents is 1. The maximum Gasteiger partial charge on any atom is 0.303 e. The van der Waals surface area contributed by atoms with Crippen molar-refractivity contribution in [2.45, 2.75) is 62.7 Å². The number of hydrogen-bond acceptors (Lipinski definition) is 8. The number of carbonyl (C=O) groups excluding carboxylic acids is 5. The van der Waals surface area contributed by atoms with Gasteiger partial charge >= 0.3 is 5.97 Å². The van der Waals surface area contributed by atoms with E-state index < -0.39 is 66.1 Å². The standard InChI is InChI=1S/C40H46N8O8/c41-35(52)32(22-25-15-17-27(49)18-16-25)47-38(55)31(19-20-34(50)51)46-39(56)33(23-24-8-2-1-3-9-24)48-37(54)30(14-7-21-44-40(42)43)45-36(53)29-13-6-11-26-10-4-5-12-28(26)29/h1-6,8-13,15-18,30-33,49H,7,14,19-23H2,(H2,41,52)(H,45,53)(H,46,56)(H,47,55)(H,48,54)(H,50,51)(H4,42,43,44)/t30-,31-,32-,33-/m0/s1. The summed E-state index contributed by atoms with van der Waals surface area (Å²) in [6.07, 6.45) is -0.622. The number of carbonyl (C=O) groups is 6. The highest BCUT2D eigenvalue weighted by molar-refractivity contribution is 6.08. The number of nitrogens with one attached hydrogen (secondary N) is 4. The van der Waals surface area contributed by atoms with E-state index in [2.05, 4.69) is 26.3 Å². The third-order valence-electron chi connectivity index (χ3n) is 8.83. The molecule has 4 aromatic rings. The number of benzene rings is 4. The van der Waals surface area contributed by atoms with Gasteiger partial charge in [0.2, 0.25) is 23.6 Å². The van der Waals surface area contributed by atoms with Crippen LogP contribution in [0.15, 0.2) is 102 Å². The van der Waals surface area contributed by atoms with Gasteiger partial charge in [0.25, 0.3) is 5.91 Å². The summed E-state index contributed by atoms with van der Waals surface area (Å²) in [5.74, 6) is -5.25. The number of carboxylic acids is 1. The van der Waals surface area contributed by atoms with E-state index in [0.29, 0.717) is 22.1 Å². The van der Waals surface area contributed by atoms with Crippen LogP contribution in [0, 0.1) is 0 Å². The quantitative estimate of drug-likeness (QED) is 0.0349. The molecule has 0 aromatic heterocycles. The molecule has 56 heavy (non-hydrogen) atoms. The van der Waals surface area contributed by atoms with Gasteiger partial charge < -0.3 is 48.7 Å². The average Bonchev–Trinajstić information content (AvgIpc) is 3.17. The zero-order valence-electron chi connectivity index (χ0n) is 30.5. The monoisotopic (exact) mass is 766 g/mol. The maximum absolute atomic E-state index is 14.0. The summed E-state index contributed by atoms with van der Waals surface area (Å²) in [5, 5.41) is 31.1. The number of guanidine groups is 1. The molecule has 0 saturated carbocycles. The molecule has 294 valence electrons. The summed E-state index contributed by atoms with van der Waals surface area (Å²) in [6.45, 7) is 0.156. The molecule has 0 fully saturated rings. The maximum atomic E-state index is 14.0. The molecular weight excluding hydrogens is 720 g/mol. The first-order valence-corrected chi connectivity index (χ1v) is 17.9. The first-order valence-electron chi connectivity index (χ1n) is 17.9. The highest BCUT2D eigenvalue weighted by Crippen LogP contribution is 2.19. The Morgan fingerprint density at radius 2 is 1.16 bits per heavy atom. The van der Waals surface area contributed by atoms with Gasteiger partial charge in [-0.3, -0.25) is 33.8 Å². The second-order valence-electron chi connectivity index (χ2n) is 13.1. The molecule has 12 N–H and O–H groups in total. The van der Waals surface area contributed by atoms with Crippen LogP contribution < -0.4 is 38.5 Å². The first-order chi connectivity index (χ1) is 26.8. The molecule has 0 aliphatic heterocycles. The van der Waals surface area contributed by atoms with Gasteiger partial charge in [-0.2, -0.15) is 0 Å². The van der Waals surface area contributed by atoms with Crippen molar-refractivity contribution in [3.63, 3.8) is 0 Å². The topological polar surface area (TPSA) is 281 Å². The molecule has 0 spiro atoms. The number of rotatable bonds is 20. The Bertz CT molecular complexity index is 2030. The van der Waals surface area contributed by atoms with Crippen molar-refractivity contribution in [1.29, 1.82) is 0 Å². The second-order valence-corrected chi connectivity index (χ2v) is 13.1. The number of aliphatic imine (C=N–C) groups is 1. The molecule has 0 saturated heterocycles. The first kappa shape index (κ1) is 41.8. The number of aromatic hydroxyl groups is 1.